The molecular weight excluding hydrogens is 372 g/mol. The van der Waals surface area contributed by atoms with E-state index in [0.29, 0.717) is 23.8 Å². The lowest BCUT2D eigenvalue weighted by atomic mass is 9.89. The van der Waals surface area contributed by atoms with Crippen LogP contribution in [0.25, 0.3) is 0 Å². The van der Waals surface area contributed by atoms with Gasteiger partial charge in [-0.25, -0.2) is 0 Å². The Morgan fingerprint density at radius 1 is 1.14 bits per heavy atom. The van der Waals surface area contributed by atoms with Gasteiger partial charge in [-0.1, -0.05) is 48.0 Å². The molecule has 0 spiro atoms. The van der Waals surface area contributed by atoms with E-state index in [0.717, 1.165) is 41.8 Å². The second kappa shape index (κ2) is 7.08. The number of nitrogens with one attached hydrogen (secondary N) is 2. The number of H-pyrrole nitrogens is 1. The van der Waals surface area contributed by atoms with Gasteiger partial charge in [-0.2, -0.15) is 5.10 Å². The normalized spacial score (nSPS) is 18.5. The minimum absolute atomic E-state index is 0.0220. The molecule has 0 saturated heterocycles. The van der Waals surface area contributed by atoms with Crippen molar-refractivity contribution in [3.8, 4) is 0 Å². The Balaban J connectivity index is 1.56. The van der Waals surface area contributed by atoms with E-state index in [1.54, 1.807) is 0 Å². The van der Waals surface area contributed by atoms with Crippen molar-refractivity contribution in [2.24, 2.45) is 0 Å². The molecule has 0 radical (unpaired) electrons. The molecular formula is C22H21ClN4O. The first-order valence-corrected chi connectivity index (χ1v) is 9.98. The third-order valence-corrected chi connectivity index (χ3v) is 5.99. The zero-order valence-electron chi connectivity index (χ0n) is 15.4. The van der Waals surface area contributed by atoms with Gasteiger partial charge in [-0.15, -0.1) is 0 Å². The van der Waals surface area contributed by atoms with Gasteiger partial charge in [0.2, 0.25) is 0 Å². The average molecular weight is 393 g/mol. The van der Waals surface area contributed by atoms with Gasteiger partial charge in [-0.05, 0) is 35.2 Å². The number of carbonyl (C=O) groups excluding carboxylic acids is 1. The fourth-order valence-corrected chi connectivity index (χ4v) is 4.47. The average Bonchev–Trinajstić information content (AvgIpc) is 3.17. The largest absolute Gasteiger partial charge is 0.326 e. The molecule has 6 heteroatoms. The second-order valence-electron chi connectivity index (χ2n) is 7.43. The maximum atomic E-state index is 13.6. The number of aromatic nitrogens is 2. The zero-order chi connectivity index (χ0) is 19.1. The van der Waals surface area contributed by atoms with E-state index >= 15 is 0 Å². The number of hydrogen-bond donors (Lipinski definition) is 2. The molecule has 142 valence electrons. The first kappa shape index (κ1) is 17.5. The van der Waals surface area contributed by atoms with Crippen LogP contribution < -0.4 is 5.32 Å². The predicted molar refractivity (Wildman–Crippen MR) is 108 cm³/mol. The summed E-state index contributed by atoms with van der Waals surface area (Å²) in [5.41, 5.74) is 6.09. The molecule has 1 atom stereocenters. The maximum Gasteiger partial charge on any atom is 0.275 e. The fraction of sp³-hybridized carbons (Fsp3) is 0.273. The lowest BCUT2D eigenvalue weighted by Gasteiger charge is -2.37. The predicted octanol–water partition coefficient (Wildman–Crippen LogP) is 3.65. The summed E-state index contributed by atoms with van der Waals surface area (Å²) in [7, 11) is 0. The summed E-state index contributed by atoms with van der Waals surface area (Å²) in [6, 6.07) is 16.2. The van der Waals surface area contributed by atoms with Crippen molar-refractivity contribution < 1.29 is 4.79 Å². The van der Waals surface area contributed by atoms with E-state index in [-0.39, 0.29) is 11.9 Å². The van der Waals surface area contributed by atoms with Crippen molar-refractivity contribution in [2.75, 3.05) is 6.54 Å². The van der Waals surface area contributed by atoms with Crippen molar-refractivity contribution in [3.05, 3.63) is 87.2 Å². The molecule has 0 aliphatic carbocycles. The summed E-state index contributed by atoms with van der Waals surface area (Å²) in [6.45, 7) is 2.12. The van der Waals surface area contributed by atoms with E-state index in [2.05, 4.69) is 33.7 Å². The Morgan fingerprint density at radius 2 is 2.00 bits per heavy atom. The number of amides is 1. The van der Waals surface area contributed by atoms with Gasteiger partial charge in [0.25, 0.3) is 5.91 Å². The third-order valence-electron chi connectivity index (χ3n) is 5.75. The third kappa shape index (κ3) is 3.01. The molecule has 3 heterocycles. The van der Waals surface area contributed by atoms with E-state index in [4.69, 9.17) is 11.6 Å². The molecule has 0 saturated carbocycles. The molecule has 5 nitrogen and oxygen atoms in total. The number of carbonyl (C=O) groups is 1. The zero-order valence-corrected chi connectivity index (χ0v) is 16.2. The van der Waals surface area contributed by atoms with Crippen LogP contribution in [0.1, 0.15) is 44.5 Å². The van der Waals surface area contributed by atoms with Gasteiger partial charge >= 0.3 is 0 Å². The number of fused-ring (bicyclic) bond motifs is 2. The topological polar surface area (TPSA) is 61.0 Å². The summed E-state index contributed by atoms with van der Waals surface area (Å²) in [6.07, 6.45) is 1.64. The summed E-state index contributed by atoms with van der Waals surface area (Å²) >= 11 is 6.22. The van der Waals surface area contributed by atoms with Crippen molar-refractivity contribution in [2.45, 2.75) is 32.0 Å². The first-order valence-electron chi connectivity index (χ1n) is 9.61. The van der Waals surface area contributed by atoms with Gasteiger partial charge < -0.3 is 10.2 Å². The van der Waals surface area contributed by atoms with Crippen molar-refractivity contribution in [1.29, 1.82) is 0 Å². The molecule has 2 aliphatic rings. The Morgan fingerprint density at radius 3 is 2.86 bits per heavy atom. The van der Waals surface area contributed by atoms with Crippen LogP contribution in [0.2, 0.25) is 5.02 Å². The molecule has 5 rings (SSSR count). The summed E-state index contributed by atoms with van der Waals surface area (Å²) < 4.78 is 0. The smallest absolute Gasteiger partial charge is 0.275 e. The van der Waals surface area contributed by atoms with Crippen molar-refractivity contribution in [3.63, 3.8) is 0 Å². The fourth-order valence-electron chi connectivity index (χ4n) is 4.28. The minimum Gasteiger partial charge on any atom is -0.326 e. The van der Waals surface area contributed by atoms with E-state index < -0.39 is 0 Å². The van der Waals surface area contributed by atoms with Crippen LogP contribution in [-0.2, 0) is 25.9 Å². The lowest BCUT2D eigenvalue weighted by molar-refractivity contribution is 0.0630. The van der Waals surface area contributed by atoms with Crippen LogP contribution >= 0.6 is 11.6 Å². The maximum absolute atomic E-state index is 13.6. The molecule has 1 aromatic heterocycles. The highest BCUT2D eigenvalue weighted by molar-refractivity contribution is 6.30. The van der Waals surface area contributed by atoms with Crippen LogP contribution in [0, 0.1) is 0 Å². The Kier molecular flexibility index (Phi) is 4.41. The van der Waals surface area contributed by atoms with Crippen molar-refractivity contribution in [1.82, 2.24) is 20.4 Å². The van der Waals surface area contributed by atoms with E-state index in [1.807, 2.05) is 35.2 Å². The summed E-state index contributed by atoms with van der Waals surface area (Å²) in [5, 5.41) is 11.5. The highest BCUT2D eigenvalue weighted by Crippen LogP contribution is 2.35. The van der Waals surface area contributed by atoms with Gasteiger partial charge in [-0.3, -0.25) is 9.89 Å². The molecule has 0 bridgehead atoms. The standard InChI is InChI=1S/C22H21ClN4O/c23-17-7-6-15-11-20(14-4-2-1-3-5-14)27(13-16(15)10-17)22(28)21-18-12-24-9-8-19(18)25-26-21/h1-7,10,20,24H,8-9,11-13H2,(H,25,26). The van der Waals surface area contributed by atoms with Crippen molar-refractivity contribution >= 4 is 17.5 Å². The number of aromatic amines is 1. The molecule has 3 aromatic rings. The molecule has 2 aromatic carbocycles. The Labute approximate surface area is 168 Å². The van der Waals surface area contributed by atoms with Gasteiger partial charge in [0.15, 0.2) is 5.69 Å². The minimum atomic E-state index is -0.0271. The lowest BCUT2D eigenvalue weighted by Crippen LogP contribution is -2.40. The molecule has 2 aliphatic heterocycles. The number of benzene rings is 2. The summed E-state index contributed by atoms with van der Waals surface area (Å²) in [4.78, 5) is 15.5. The Bertz CT molecular complexity index is 1030. The summed E-state index contributed by atoms with van der Waals surface area (Å²) in [5.74, 6) is -0.0271. The van der Waals surface area contributed by atoms with Crippen LogP contribution in [0.5, 0.6) is 0 Å². The first-order chi connectivity index (χ1) is 13.7. The number of rotatable bonds is 2. The van der Waals surface area contributed by atoms with E-state index in [1.165, 1.54) is 5.56 Å². The van der Waals surface area contributed by atoms with Crippen LogP contribution in [0.15, 0.2) is 48.5 Å². The molecule has 1 amide bonds. The number of halogens is 1. The van der Waals surface area contributed by atoms with Crippen LogP contribution in [0.4, 0.5) is 0 Å². The van der Waals surface area contributed by atoms with Gasteiger partial charge in [0.1, 0.15) is 0 Å². The van der Waals surface area contributed by atoms with Gasteiger partial charge in [0.05, 0.1) is 6.04 Å². The number of nitrogens with zero attached hydrogens (tertiary/aromatic N) is 2. The quantitative estimate of drug-likeness (QED) is 0.699. The number of hydrogen-bond acceptors (Lipinski definition) is 3. The van der Waals surface area contributed by atoms with Crippen LogP contribution in [0.3, 0.4) is 0 Å². The monoisotopic (exact) mass is 392 g/mol. The Hall–Kier alpha value is -2.63. The second-order valence-corrected chi connectivity index (χ2v) is 7.87. The van der Waals surface area contributed by atoms with Gasteiger partial charge in [0, 0.05) is 42.3 Å². The molecule has 28 heavy (non-hydrogen) atoms. The SMILES string of the molecule is O=C(c1n[nH]c2c1CNCC2)N1Cc2cc(Cl)ccc2CC1c1ccccc1. The van der Waals surface area contributed by atoms with Crippen LogP contribution in [-0.4, -0.2) is 27.5 Å². The van der Waals surface area contributed by atoms with E-state index in [9.17, 15) is 4.79 Å². The highest BCUT2D eigenvalue weighted by atomic mass is 35.5. The highest BCUT2D eigenvalue weighted by Gasteiger charge is 2.34. The molecule has 1 unspecified atom stereocenters. The molecule has 2 N–H and O–H groups in total. The molecule has 0 fully saturated rings.